The summed E-state index contributed by atoms with van der Waals surface area (Å²) in [5.74, 6) is 0. The third-order valence-corrected chi connectivity index (χ3v) is 4.18. The Morgan fingerprint density at radius 2 is 1.61 bits per heavy atom. The summed E-state index contributed by atoms with van der Waals surface area (Å²) in [5.41, 5.74) is 4.23. The van der Waals surface area contributed by atoms with Crippen LogP contribution in [0.15, 0.2) is 46.2 Å². The molecule has 0 saturated carbocycles. The van der Waals surface area contributed by atoms with Crippen molar-refractivity contribution in [3.05, 3.63) is 52.4 Å². The molecule has 0 spiro atoms. The van der Waals surface area contributed by atoms with Crippen molar-refractivity contribution < 1.29 is 0 Å². The molecule has 0 bridgehead atoms. The summed E-state index contributed by atoms with van der Waals surface area (Å²) in [7, 11) is 0. The minimum absolute atomic E-state index is 0.765. The van der Waals surface area contributed by atoms with Crippen LogP contribution < -0.4 is 0 Å². The van der Waals surface area contributed by atoms with E-state index < -0.39 is 0 Å². The lowest BCUT2D eigenvalue weighted by Gasteiger charge is -2.03. The molecule has 0 radical (unpaired) electrons. The molecular weight excluding hydrogens is 370 g/mol. The van der Waals surface area contributed by atoms with Crippen LogP contribution in [0.2, 0.25) is 0 Å². The maximum absolute atomic E-state index is 4.47. The van der Waals surface area contributed by atoms with Crippen LogP contribution in [0.4, 0.5) is 0 Å². The van der Waals surface area contributed by atoms with Gasteiger partial charge in [0.2, 0.25) is 0 Å². The topological polar surface area (TPSA) is 30.7 Å². The Morgan fingerprint density at radius 3 is 2.22 bits per heavy atom. The normalized spacial score (nSPS) is 9.70. The first-order valence-corrected chi connectivity index (χ1v) is 9.45. The standard InChI is InChI=1S/C14H12BrN3S.2C2H6/c1-9-3-5-11(6-4-9)19-18-8-10(2)13-14(18)16-7-12(15)17-13;2*1-2/h3-8H,1-2H3;2*1-2H3. The van der Waals surface area contributed by atoms with E-state index in [0.717, 1.165) is 21.3 Å². The molecule has 2 aromatic heterocycles. The van der Waals surface area contributed by atoms with E-state index >= 15 is 0 Å². The van der Waals surface area contributed by atoms with Gasteiger partial charge in [-0.15, -0.1) is 0 Å². The van der Waals surface area contributed by atoms with Gasteiger partial charge in [0.1, 0.15) is 10.1 Å². The molecule has 0 amide bonds. The van der Waals surface area contributed by atoms with Gasteiger partial charge in [-0.25, -0.2) is 9.97 Å². The Hall–Kier alpha value is -1.33. The van der Waals surface area contributed by atoms with Crippen LogP contribution in [0.3, 0.4) is 0 Å². The zero-order valence-corrected chi connectivity index (χ0v) is 17.0. The molecule has 0 unspecified atom stereocenters. The first kappa shape index (κ1) is 19.7. The fourth-order valence-electron chi connectivity index (χ4n) is 1.87. The number of aromatic nitrogens is 3. The zero-order valence-electron chi connectivity index (χ0n) is 14.6. The highest BCUT2D eigenvalue weighted by atomic mass is 79.9. The molecule has 3 aromatic rings. The fourth-order valence-corrected chi connectivity index (χ4v) is 3.06. The van der Waals surface area contributed by atoms with Gasteiger partial charge in [-0.1, -0.05) is 45.4 Å². The maximum atomic E-state index is 4.47. The lowest BCUT2D eigenvalue weighted by molar-refractivity contribution is 1.19. The lowest BCUT2D eigenvalue weighted by atomic mass is 10.2. The Morgan fingerprint density at radius 1 is 1.00 bits per heavy atom. The molecule has 23 heavy (non-hydrogen) atoms. The maximum Gasteiger partial charge on any atom is 0.169 e. The van der Waals surface area contributed by atoms with Gasteiger partial charge in [0.15, 0.2) is 5.65 Å². The fraction of sp³-hybridized carbons (Fsp3) is 0.333. The second-order valence-electron chi connectivity index (χ2n) is 4.41. The molecule has 0 atom stereocenters. The molecule has 0 N–H and O–H groups in total. The monoisotopic (exact) mass is 393 g/mol. The molecule has 1 aromatic carbocycles. The summed E-state index contributed by atoms with van der Waals surface area (Å²) in [6.07, 6.45) is 3.80. The smallest absolute Gasteiger partial charge is 0.169 e. The molecule has 0 aliphatic heterocycles. The number of hydrogen-bond acceptors (Lipinski definition) is 3. The van der Waals surface area contributed by atoms with E-state index in [1.807, 2.05) is 27.7 Å². The minimum Gasteiger partial charge on any atom is -0.269 e. The first-order chi connectivity index (χ1) is 11.1. The van der Waals surface area contributed by atoms with Crippen LogP contribution in [0, 0.1) is 13.8 Å². The van der Waals surface area contributed by atoms with Crippen LogP contribution in [-0.4, -0.2) is 13.9 Å². The zero-order chi connectivity index (χ0) is 17.4. The molecule has 0 aliphatic rings. The van der Waals surface area contributed by atoms with Crippen LogP contribution in [0.5, 0.6) is 0 Å². The molecule has 3 rings (SSSR count). The number of nitrogens with zero attached hydrogens (tertiary/aromatic N) is 3. The van der Waals surface area contributed by atoms with E-state index in [1.54, 1.807) is 18.1 Å². The van der Waals surface area contributed by atoms with Gasteiger partial charge in [-0.3, -0.25) is 3.97 Å². The van der Waals surface area contributed by atoms with Crippen LogP contribution >= 0.6 is 27.9 Å². The first-order valence-electron chi connectivity index (χ1n) is 7.89. The SMILES string of the molecule is CC.CC.Cc1ccc(Sn2cc(C)c3nc(Br)cnc32)cc1. The molecule has 124 valence electrons. The molecular formula is C18H24BrN3S. The Kier molecular flexibility index (Phi) is 8.34. The third-order valence-electron chi connectivity index (χ3n) is 2.84. The Balaban J connectivity index is 0.000000615. The van der Waals surface area contributed by atoms with Crippen molar-refractivity contribution in [1.82, 2.24) is 13.9 Å². The molecule has 5 heteroatoms. The van der Waals surface area contributed by atoms with Crippen molar-refractivity contribution >= 4 is 39.0 Å². The van der Waals surface area contributed by atoms with Crippen molar-refractivity contribution in [2.24, 2.45) is 0 Å². The van der Waals surface area contributed by atoms with Gasteiger partial charge in [0.05, 0.1) is 6.20 Å². The van der Waals surface area contributed by atoms with E-state index in [9.17, 15) is 0 Å². The summed E-state index contributed by atoms with van der Waals surface area (Å²) in [5, 5.41) is 0. The van der Waals surface area contributed by atoms with E-state index in [-0.39, 0.29) is 0 Å². The number of fused-ring (bicyclic) bond motifs is 1. The summed E-state index contributed by atoms with van der Waals surface area (Å²) in [4.78, 5) is 10.1. The van der Waals surface area contributed by atoms with Gasteiger partial charge in [0, 0.05) is 11.1 Å². The molecule has 0 fully saturated rings. The van der Waals surface area contributed by atoms with Crippen molar-refractivity contribution in [3.63, 3.8) is 0 Å². The van der Waals surface area contributed by atoms with Crippen LogP contribution in [-0.2, 0) is 0 Å². The predicted molar refractivity (Wildman–Crippen MR) is 105 cm³/mol. The Labute approximate surface area is 151 Å². The third kappa shape index (κ3) is 5.08. The average Bonchev–Trinajstić information content (AvgIpc) is 2.89. The van der Waals surface area contributed by atoms with Crippen molar-refractivity contribution in [2.75, 3.05) is 0 Å². The Bertz CT molecular complexity index is 736. The van der Waals surface area contributed by atoms with Crippen molar-refractivity contribution in [3.8, 4) is 0 Å². The lowest BCUT2D eigenvalue weighted by Crippen LogP contribution is -1.89. The second kappa shape index (κ2) is 9.73. The number of rotatable bonds is 2. The molecule has 2 heterocycles. The summed E-state index contributed by atoms with van der Waals surface area (Å²) in [6, 6.07) is 8.47. The average molecular weight is 394 g/mol. The van der Waals surface area contributed by atoms with Gasteiger partial charge in [-0.2, -0.15) is 0 Å². The highest BCUT2D eigenvalue weighted by Crippen LogP contribution is 2.27. The number of hydrogen-bond donors (Lipinski definition) is 0. The predicted octanol–water partition coefficient (Wildman–Crippen LogP) is 6.42. The summed E-state index contributed by atoms with van der Waals surface area (Å²) < 4.78 is 2.83. The quantitative estimate of drug-likeness (QED) is 0.503. The molecule has 0 saturated heterocycles. The van der Waals surface area contributed by atoms with Gasteiger partial charge >= 0.3 is 0 Å². The highest BCUT2D eigenvalue weighted by Gasteiger charge is 2.09. The molecule has 3 nitrogen and oxygen atoms in total. The van der Waals surface area contributed by atoms with Gasteiger partial charge < -0.3 is 0 Å². The van der Waals surface area contributed by atoms with Crippen molar-refractivity contribution in [1.29, 1.82) is 0 Å². The van der Waals surface area contributed by atoms with Crippen LogP contribution in [0.25, 0.3) is 11.2 Å². The van der Waals surface area contributed by atoms with E-state index in [2.05, 4.69) is 74.2 Å². The second-order valence-corrected chi connectivity index (χ2v) is 6.27. The number of aryl methyl sites for hydroxylation is 2. The molecule has 0 aliphatic carbocycles. The summed E-state index contributed by atoms with van der Waals surface area (Å²) >= 11 is 5.01. The van der Waals surface area contributed by atoms with E-state index in [0.29, 0.717) is 0 Å². The largest absolute Gasteiger partial charge is 0.269 e. The van der Waals surface area contributed by atoms with Crippen LogP contribution in [0.1, 0.15) is 38.8 Å². The number of benzene rings is 1. The van der Waals surface area contributed by atoms with E-state index in [4.69, 9.17) is 0 Å². The van der Waals surface area contributed by atoms with E-state index in [1.165, 1.54) is 10.5 Å². The minimum atomic E-state index is 0.765. The van der Waals surface area contributed by atoms with Gasteiger partial charge in [0.25, 0.3) is 0 Å². The van der Waals surface area contributed by atoms with Gasteiger partial charge in [-0.05, 0) is 59.4 Å². The summed E-state index contributed by atoms with van der Waals surface area (Å²) in [6.45, 7) is 12.1. The number of halogens is 1. The van der Waals surface area contributed by atoms with Crippen molar-refractivity contribution in [2.45, 2.75) is 46.4 Å². The highest BCUT2D eigenvalue weighted by molar-refractivity contribution is 9.10.